The first-order chi connectivity index (χ1) is 11.2. The van der Waals surface area contributed by atoms with Crippen molar-refractivity contribution in [2.24, 2.45) is 4.99 Å². The van der Waals surface area contributed by atoms with Crippen LogP contribution in [0.15, 0.2) is 29.3 Å². The van der Waals surface area contributed by atoms with Crippen LogP contribution in [0.3, 0.4) is 0 Å². The number of nitrogens with zero attached hydrogens (tertiary/aromatic N) is 1. The van der Waals surface area contributed by atoms with Crippen molar-refractivity contribution in [2.75, 3.05) is 40.5 Å². The van der Waals surface area contributed by atoms with Gasteiger partial charge in [-0.05, 0) is 43.4 Å². The number of rotatable bonds is 10. The molecule has 0 radical (unpaired) electrons. The van der Waals surface area contributed by atoms with E-state index in [9.17, 15) is 0 Å². The Morgan fingerprint density at radius 3 is 2.48 bits per heavy atom. The SMILES string of the molecule is CCOCCCNC(=NC)NCCC(C)c1ccc(OC)cc1. The summed E-state index contributed by atoms with van der Waals surface area (Å²) in [6, 6.07) is 8.28. The quantitative estimate of drug-likeness (QED) is 0.395. The van der Waals surface area contributed by atoms with Crippen LogP contribution in [0.1, 0.15) is 38.2 Å². The van der Waals surface area contributed by atoms with Crippen molar-refractivity contribution in [1.29, 1.82) is 0 Å². The molecule has 0 heterocycles. The summed E-state index contributed by atoms with van der Waals surface area (Å²) in [4.78, 5) is 4.24. The Kier molecular flexibility index (Phi) is 9.87. The van der Waals surface area contributed by atoms with E-state index in [1.807, 2.05) is 19.1 Å². The van der Waals surface area contributed by atoms with Crippen LogP contribution in [0.2, 0.25) is 0 Å². The maximum Gasteiger partial charge on any atom is 0.190 e. The first kappa shape index (κ1) is 19.3. The molecule has 1 aromatic carbocycles. The molecule has 0 aliphatic rings. The van der Waals surface area contributed by atoms with Crippen LogP contribution < -0.4 is 15.4 Å². The minimum absolute atomic E-state index is 0.490. The summed E-state index contributed by atoms with van der Waals surface area (Å²) in [6.07, 6.45) is 2.03. The van der Waals surface area contributed by atoms with Gasteiger partial charge in [0.2, 0.25) is 0 Å². The molecule has 0 aliphatic carbocycles. The number of guanidine groups is 1. The van der Waals surface area contributed by atoms with Crippen LogP contribution in [0, 0.1) is 0 Å². The Hall–Kier alpha value is -1.75. The van der Waals surface area contributed by atoms with Gasteiger partial charge in [-0.15, -0.1) is 0 Å². The third-order valence-electron chi connectivity index (χ3n) is 3.74. The van der Waals surface area contributed by atoms with Crippen LogP contribution >= 0.6 is 0 Å². The highest BCUT2D eigenvalue weighted by Crippen LogP contribution is 2.21. The van der Waals surface area contributed by atoms with Crippen molar-refractivity contribution < 1.29 is 9.47 Å². The molecule has 0 aromatic heterocycles. The fraction of sp³-hybridized carbons (Fsp3) is 0.611. The van der Waals surface area contributed by atoms with Crippen molar-refractivity contribution >= 4 is 5.96 Å². The van der Waals surface area contributed by atoms with Crippen molar-refractivity contribution in [1.82, 2.24) is 10.6 Å². The second-order valence-electron chi connectivity index (χ2n) is 5.44. The van der Waals surface area contributed by atoms with Gasteiger partial charge in [-0.2, -0.15) is 0 Å². The van der Waals surface area contributed by atoms with Gasteiger partial charge in [0.05, 0.1) is 7.11 Å². The Morgan fingerprint density at radius 2 is 1.87 bits per heavy atom. The molecule has 0 fully saturated rings. The first-order valence-electron chi connectivity index (χ1n) is 8.37. The summed E-state index contributed by atoms with van der Waals surface area (Å²) in [6.45, 7) is 7.57. The molecule has 0 saturated heterocycles. The van der Waals surface area contributed by atoms with Crippen LogP contribution in [0.5, 0.6) is 5.75 Å². The molecular formula is C18H31N3O2. The van der Waals surface area contributed by atoms with Gasteiger partial charge in [0.25, 0.3) is 0 Å². The lowest BCUT2D eigenvalue weighted by Crippen LogP contribution is -2.38. The van der Waals surface area contributed by atoms with E-state index in [0.29, 0.717) is 5.92 Å². The second-order valence-corrected chi connectivity index (χ2v) is 5.44. The van der Waals surface area contributed by atoms with Gasteiger partial charge < -0.3 is 20.1 Å². The molecule has 5 heteroatoms. The predicted octanol–water partition coefficient (Wildman–Crippen LogP) is 2.78. The van der Waals surface area contributed by atoms with Crippen molar-refractivity contribution in [3.63, 3.8) is 0 Å². The molecule has 0 amide bonds. The van der Waals surface area contributed by atoms with Gasteiger partial charge in [-0.3, -0.25) is 4.99 Å². The minimum atomic E-state index is 0.490. The average Bonchev–Trinajstić information content (AvgIpc) is 2.59. The first-order valence-corrected chi connectivity index (χ1v) is 8.37. The minimum Gasteiger partial charge on any atom is -0.497 e. The highest BCUT2D eigenvalue weighted by Gasteiger charge is 2.06. The van der Waals surface area contributed by atoms with Crippen LogP contribution in [-0.4, -0.2) is 46.4 Å². The van der Waals surface area contributed by atoms with Crippen molar-refractivity contribution in [3.05, 3.63) is 29.8 Å². The van der Waals surface area contributed by atoms with Gasteiger partial charge in [0, 0.05) is 33.4 Å². The Balaban J connectivity index is 2.24. The molecule has 1 unspecified atom stereocenters. The summed E-state index contributed by atoms with van der Waals surface area (Å²) < 4.78 is 10.5. The summed E-state index contributed by atoms with van der Waals surface area (Å²) >= 11 is 0. The van der Waals surface area contributed by atoms with Crippen LogP contribution in [0.4, 0.5) is 0 Å². The van der Waals surface area contributed by atoms with Gasteiger partial charge in [-0.25, -0.2) is 0 Å². The number of hydrogen-bond acceptors (Lipinski definition) is 3. The maximum absolute atomic E-state index is 5.32. The van der Waals surface area contributed by atoms with Gasteiger partial charge in [0.1, 0.15) is 5.75 Å². The molecule has 130 valence electrons. The molecular weight excluding hydrogens is 290 g/mol. The molecule has 5 nitrogen and oxygen atoms in total. The zero-order valence-corrected chi connectivity index (χ0v) is 14.9. The van der Waals surface area contributed by atoms with E-state index in [1.165, 1.54) is 5.56 Å². The molecule has 1 atom stereocenters. The number of hydrogen-bond donors (Lipinski definition) is 2. The van der Waals surface area contributed by atoms with E-state index in [0.717, 1.165) is 50.9 Å². The fourth-order valence-corrected chi connectivity index (χ4v) is 2.25. The number of ether oxygens (including phenoxy) is 2. The molecule has 2 N–H and O–H groups in total. The fourth-order valence-electron chi connectivity index (χ4n) is 2.25. The Morgan fingerprint density at radius 1 is 1.17 bits per heavy atom. The van der Waals surface area contributed by atoms with Crippen LogP contribution in [-0.2, 0) is 4.74 Å². The topological polar surface area (TPSA) is 54.9 Å². The zero-order chi connectivity index (χ0) is 16.9. The maximum atomic E-state index is 5.32. The molecule has 1 rings (SSSR count). The monoisotopic (exact) mass is 321 g/mol. The largest absolute Gasteiger partial charge is 0.497 e. The van der Waals surface area contributed by atoms with E-state index in [4.69, 9.17) is 9.47 Å². The summed E-state index contributed by atoms with van der Waals surface area (Å²) in [5.41, 5.74) is 1.33. The van der Waals surface area contributed by atoms with Gasteiger partial charge in [0.15, 0.2) is 5.96 Å². The molecule has 0 aliphatic heterocycles. The van der Waals surface area contributed by atoms with Gasteiger partial charge >= 0.3 is 0 Å². The van der Waals surface area contributed by atoms with Crippen LogP contribution in [0.25, 0.3) is 0 Å². The van der Waals surface area contributed by atoms with E-state index >= 15 is 0 Å². The predicted molar refractivity (Wildman–Crippen MR) is 96.5 cm³/mol. The van der Waals surface area contributed by atoms with Crippen molar-refractivity contribution in [2.45, 2.75) is 32.6 Å². The van der Waals surface area contributed by atoms with Gasteiger partial charge in [-0.1, -0.05) is 19.1 Å². The number of benzene rings is 1. The Labute approximate surface area is 140 Å². The lowest BCUT2D eigenvalue weighted by molar-refractivity contribution is 0.145. The molecule has 1 aromatic rings. The Bertz CT molecular complexity index is 446. The molecule has 23 heavy (non-hydrogen) atoms. The zero-order valence-electron chi connectivity index (χ0n) is 14.9. The lowest BCUT2D eigenvalue weighted by Gasteiger charge is -2.15. The normalized spacial score (nSPS) is 12.8. The smallest absolute Gasteiger partial charge is 0.190 e. The highest BCUT2D eigenvalue weighted by molar-refractivity contribution is 5.79. The average molecular weight is 321 g/mol. The third-order valence-corrected chi connectivity index (χ3v) is 3.74. The molecule has 0 saturated carbocycles. The van der Waals surface area contributed by atoms with E-state index in [-0.39, 0.29) is 0 Å². The van der Waals surface area contributed by atoms with E-state index in [2.05, 4.69) is 34.7 Å². The number of nitrogens with one attached hydrogen (secondary N) is 2. The number of methoxy groups -OCH3 is 1. The number of aliphatic imine (C=N–C) groups is 1. The second kappa shape index (κ2) is 11.8. The summed E-state index contributed by atoms with van der Waals surface area (Å²) in [7, 11) is 3.49. The highest BCUT2D eigenvalue weighted by atomic mass is 16.5. The van der Waals surface area contributed by atoms with E-state index in [1.54, 1.807) is 14.2 Å². The molecule has 0 bridgehead atoms. The lowest BCUT2D eigenvalue weighted by atomic mass is 9.98. The third kappa shape index (κ3) is 7.88. The van der Waals surface area contributed by atoms with Crippen molar-refractivity contribution in [3.8, 4) is 5.75 Å². The molecule has 0 spiro atoms. The standard InChI is InChI=1S/C18H31N3O2/c1-5-23-14-6-12-20-18(19-3)21-13-11-15(2)16-7-9-17(22-4)10-8-16/h7-10,15H,5-6,11-14H2,1-4H3,(H2,19,20,21). The summed E-state index contributed by atoms with van der Waals surface area (Å²) in [5.74, 6) is 2.24. The summed E-state index contributed by atoms with van der Waals surface area (Å²) in [5, 5.41) is 6.66. The van der Waals surface area contributed by atoms with E-state index < -0.39 is 0 Å².